The summed E-state index contributed by atoms with van der Waals surface area (Å²) in [6, 6.07) is 2.29. The van der Waals surface area contributed by atoms with Crippen LogP contribution < -0.4 is 0 Å². The Morgan fingerprint density at radius 3 is 2.53 bits per heavy atom. The number of carbonyl (C=O) groups is 2. The molecule has 0 bridgehead atoms. The molecule has 0 fully saturated rings. The summed E-state index contributed by atoms with van der Waals surface area (Å²) in [7, 11) is 1.38. The van der Waals surface area contributed by atoms with E-state index in [2.05, 4.69) is 0 Å². The highest BCUT2D eigenvalue weighted by Crippen LogP contribution is 2.18. The van der Waals surface area contributed by atoms with E-state index in [0.717, 1.165) is 11.0 Å². The minimum Gasteiger partial charge on any atom is -0.481 e. The Balaban J connectivity index is 2.83. The lowest BCUT2D eigenvalue weighted by molar-refractivity contribution is -0.137. The van der Waals surface area contributed by atoms with Gasteiger partial charge in [-0.05, 0) is 25.0 Å². The molecular weight excluding hydrogens is 256 g/mol. The number of rotatable bonds is 5. The van der Waals surface area contributed by atoms with E-state index in [4.69, 9.17) is 5.11 Å². The first-order valence-electron chi connectivity index (χ1n) is 5.76. The molecule has 104 valence electrons. The molecule has 0 aliphatic rings. The molecule has 0 heterocycles. The van der Waals surface area contributed by atoms with Gasteiger partial charge >= 0.3 is 5.97 Å². The third-order valence-electron chi connectivity index (χ3n) is 2.73. The molecule has 4 nitrogen and oxygen atoms in total. The van der Waals surface area contributed by atoms with Crippen molar-refractivity contribution < 1.29 is 23.5 Å². The summed E-state index contributed by atoms with van der Waals surface area (Å²) in [6.07, 6.45) is 0.128. The van der Waals surface area contributed by atoms with Crippen molar-refractivity contribution in [3.8, 4) is 0 Å². The van der Waals surface area contributed by atoms with E-state index in [-0.39, 0.29) is 24.9 Å². The van der Waals surface area contributed by atoms with Gasteiger partial charge in [0, 0.05) is 20.0 Å². The first-order chi connectivity index (χ1) is 8.84. The molecule has 1 aromatic carbocycles. The third kappa shape index (κ3) is 3.74. The largest absolute Gasteiger partial charge is 0.481 e. The summed E-state index contributed by atoms with van der Waals surface area (Å²) in [4.78, 5) is 23.4. The lowest BCUT2D eigenvalue weighted by atomic mass is 10.1. The molecule has 1 amide bonds. The van der Waals surface area contributed by atoms with Crippen LogP contribution in [0.25, 0.3) is 0 Å². The maximum atomic E-state index is 13.7. The summed E-state index contributed by atoms with van der Waals surface area (Å²) in [5.41, 5.74) is -0.415. The molecule has 0 unspecified atom stereocenters. The number of amides is 1. The number of carboxylic acid groups (broad SMARTS) is 1. The zero-order valence-corrected chi connectivity index (χ0v) is 10.7. The van der Waals surface area contributed by atoms with Crippen LogP contribution in [0.15, 0.2) is 12.1 Å². The summed E-state index contributed by atoms with van der Waals surface area (Å²) >= 11 is 0. The van der Waals surface area contributed by atoms with E-state index in [1.54, 1.807) is 0 Å². The molecule has 0 saturated heterocycles. The van der Waals surface area contributed by atoms with Gasteiger partial charge in [0.25, 0.3) is 5.91 Å². The Kier molecular flexibility index (Phi) is 4.97. The van der Waals surface area contributed by atoms with Gasteiger partial charge in [-0.2, -0.15) is 0 Å². The summed E-state index contributed by atoms with van der Waals surface area (Å²) in [5, 5.41) is 8.48. The molecule has 0 atom stereocenters. The Morgan fingerprint density at radius 1 is 1.32 bits per heavy atom. The molecule has 1 N–H and O–H groups in total. The number of carbonyl (C=O) groups excluding carboxylic acids is 1. The minimum atomic E-state index is -0.978. The fourth-order valence-corrected chi connectivity index (χ4v) is 1.61. The number of hydrogen-bond acceptors (Lipinski definition) is 2. The summed E-state index contributed by atoms with van der Waals surface area (Å²) < 4.78 is 27.3. The molecule has 0 radical (unpaired) electrons. The van der Waals surface area contributed by atoms with Crippen LogP contribution in [0.2, 0.25) is 0 Å². The lowest BCUT2D eigenvalue weighted by Crippen LogP contribution is -2.30. The fourth-order valence-electron chi connectivity index (χ4n) is 1.61. The fraction of sp³-hybridized carbons (Fsp3) is 0.385. The van der Waals surface area contributed by atoms with Gasteiger partial charge in [-0.15, -0.1) is 0 Å². The van der Waals surface area contributed by atoms with Gasteiger partial charge < -0.3 is 10.0 Å². The number of benzene rings is 1. The monoisotopic (exact) mass is 271 g/mol. The van der Waals surface area contributed by atoms with Crippen LogP contribution in [-0.2, 0) is 4.79 Å². The summed E-state index contributed by atoms with van der Waals surface area (Å²) in [5.74, 6) is -3.56. The predicted octanol–water partition coefficient (Wildman–Crippen LogP) is 2.21. The number of hydrogen-bond donors (Lipinski definition) is 1. The van der Waals surface area contributed by atoms with Crippen LogP contribution in [-0.4, -0.2) is 35.5 Å². The molecule has 6 heteroatoms. The van der Waals surface area contributed by atoms with Crippen molar-refractivity contribution in [1.29, 1.82) is 0 Å². The molecule has 0 saturated carbocycles. The highest BCUT2D eigenvalue weighted by atomic mass is 19.1. The topological polar surface area (TPSA) is 57.6 Å². The Bertz CT molecular complexity index is 503. The van der Waals surface area contributed by atoms with E-state index >= 15 is 0 Å². The lowest BCUT2D eigenvalue weighted by Gasteiger charge is -2.18. The summed E-state index contributed by atoms with van der Waals surface area (Å²) in [6.45, 7) is 1.56. The number of carboxylic acids is 1. The second kappa shape index (κ2) is 6.26. The van der Waals surface area contributed by atoms with Crippen molar-refractivity contribution in [1.82, 2.24) is 4.90 Å². The maximum Gasteiger partial charge on any atom is 0.303 e. The first-order valence-corrected chi connectivity index (χ1v) is 5.76. The molecule has 0 spiro atoms. The Morgan fingerprint density at radius 2 is 1.95 bits per heavy atom. The van der Waals surface area contributed by atoms with Crippen molar-refractivity contribution >= 4 is 11.9 Å². The van der Waals surface area contributed by atoms with E-state index in [0.29, 0.717) is 0 Å². The van der Waals surface area contributed by atoms with Crippen molar-refractivity contribution in [2.45, 2.75) is 19.8 Å². The maximum absolute atomic E-state index is 13.7. The van der Waals surface area contributed by atoms with Gasteiger partial charge in [-0.1, -0.05) is 6.07 Å². The minimum absolute atomic E-state index is 0.101. The second-order valence-corrected chi connectivity index (χ2v) is 4.28. The zero-order chi connectivity index (χ0) is 14.6. The van der Waals surface area contributed by atoms with Crippen molar-refractivity contribution in [2.24, 2.45) is 0 Å². The number of aryl methyl sites for hydroxylation is 1. The normalized spacial score (nSPS) is 10.3. The Hall–Kier alpha value is -1.98. The van der Waals surface area contributed by atoms with Crippen LogP contribution in [0, 0.1) is 18.6 Å². The van der Waals surface area contributed by atoms with Crippen LogP contribution in [0.1, 0.15) is 28.8 Å². The standard InChI is InChI=1S/C13H15F2NO3/c1-8-5-6-9(14)11(12(8)15)13(19)16(2)7-3-4-10(17)18/h5-6H,3-4,7H2,1-2H3,(H,17,18). The predicted molar refractivity (Wildman–Crippen MR) is 64.9 cm³/mol. The molecule has 0 aliphatic heterocycles. The van der Waals surface area contributed by atoms with Crippen molar-refractivity contribution in [2.75, 3.05) is 13.6 Å². The van der Waals surface area contributed by atoms with Gasteiger partial charge in [0.05, 0.1) is 0 Å². The molecular formula is C13H15F2NO3. The van der Waals surface area contributed by atoms with Gasteiger partial charge in [0.2, 0.25) is 0 Å². The van der Waals surface area contributed by atoms with E-state index in [1.165, 1.54) is 20.0 Å². The van der Waals surface area contributed by atoms with E-state index < -0.39 is 29.1 Å². The highest BCUT2D eigenvalue weighted by molar-refractivity contribution is 5.94. The second-order valence-electron chi connectivity index (χ2n) is 4.28. The first kappa shape index (κ1) is 15.1. The average molecular weight is 271 g/mol. The number of nitrogens with zero attached hydrogens (tertiary/aromatic N) is 1. The van der Waals surface area contributed by atoms with Gasteiger partial charge in [-0.25, -0.2) is 8.78 Å². The number of aliphatic carboxylic acids is 1. The van der Waals surface area contributed by atoms with Crippen LogP contribution in [0.5, 0.6) is 0 Å². The smallest absolute Gasteiger partial charge is 0.303 e. The highest BCUT2D eigenvalue weighted by Gasteiger charge is 2.22. The average Bonchev–Trinajstić information content (AvgIpc) is 2.33. The molecule has 1 aromatic rings. The van der Waals surface area contributed by atoms with Crippen molar-refractivity contribution in [3.63, 3.8) is 0 Å². The van der Waals surface area contributed by atoms with Gasteiger partial charge in [0.15, 0.2) is 0 Å². The molecule has 19 heavy (non-hydrogen) atoms. The van der Waals surface area contributed by atoms with Crippen LogP contribution in [0.3, 0.4) is 0 Å². The van der Waals surface area contributed by atoms with Crippen LogP contribution in [0.4, 0.5) is 8.78 Å². The zero-order valence-electron chi connectivity index (χ0n) is 10.7. The Labute approximate surface area is 109 Å². The SMILES string of the molecule is Cc1ccc(F)c(C(=O)N(C)CCCC(=O)O)c1F. The quantitative estimate of drug-likeness (QED) is 0.893. The van der Waals surface area contributed by atoms with Gasteiger partial charge in [0.1, 0.15) is 17.2 Å². The number of halogens is 2. The van der Waals surface area contributed by atoms with E-state index in [1.807, 2.05) is 0 Å². The molecule has 0 aromatic heterocycles. The molecule has 1 rings (SSSR count). The third-order valence-corrected chi connectivity index (χ3v) is 2.73. The van der Waals surface area contributed by atoms with E-state index in [9.17, 15) is 18.4 Å². The molecule has 0 aliphatic carbocycles. The van der Waals surface area contributed by atoms with Crippen molar-refractivity contribution in [3.05, 3.63) is 34.9 Å². The van der Waals surface area contributed by atoms with Gasteiger partial charge in [-0.3, -0.25) is 9.59 Å². The van der Waals surface area contributed by atoms with Crippen LogP contribution >= 0.6 is 0 Å².